The van der Waals surface area contributed by atoms with Gasteiger partial charge in [0.25, 0.3) is 0 Å². The summed E-state index contributed by atoms with van der Waals surface area (Å²) >= 11 is 0. The monoisotopic (exact) mass is 353 g/mol. The van der Waals surface area contributed by atoms with Gasteiger partial charge in [0.05, 0.1) is 14.2 Å². The van der Waals surface area contributed by atoms with Crippen LogP contribution in [0, 0.1) is 0 Å². The summed E-state index contributed by atoms with van der Waals surface area (Å²) in [5, 5.41) is 3.89. The van der Waals surface area contributed by atoms with Crippen molar-refractivity contribution in [3.8, 4) is 11.5 Å². The van der Waals surface area contributed by atoms with E-state index < -0.39 is 0 Å². The second-order valence-electron chi connectivity index (χ2n) is 7.27. The van der Waals surface area contributed by atoms with Gasteiger partial charge in [-0.05, 0) is 73.9 Å². The lowest BCUT2D eigenvalue weighted by atomic mass is 9.91. The fraction of sp³-hybridized carbons (Fsp3) is 0.478. The van der Waals surface area contributed by atoms with Crippen molar-refractivity contribution >= 4 is 0 Å². The fourth-order valence-corrected chi connectivity index (χ4v) is 3.90. The first-order valence-corrected chi connectivity index (χ1v) is 9.78. The number of benzene rings is 2. The van der Waals surface area contributed by atoms with E-state index in [0.29, 0.717) is 12.1 Å². The largest absolute Gasteiger partial charge is 0.497 e. The lowest BCUT2D eigenvalue weighted by Crippen LogP contribution is -2.42. The van der Waals surface area contributed by atoms with E-state index in [9.17, 15) is 0 Å². The van der Waals surface area contributed by atoms with E-state index in [1.165, 1.54) is 43.2 Å². The molecule has 3 heteroatoms. The fourth-order valence-electron chi connectivity index (χ4n) is 3.90. The van der Waals surface area contributed by atoms with Crippen LogP contribution >= 0.6 is 0 Å². The standard InChI is InChI=1S/C23H31NO2/c1-25-22-10-3-6-18(16-22)12-14-20-8-5-9-21(24-20)15-13-19-7-4-11-23(17-19)26-2/h3-4,6-7,10-11,16-17,20-21,24H,5,8-9,12-15H2,1-2H3/t20-,21+. The van der Waals surface area contributed by atoms with Gasteiger partial charge in [0.2, 0.25) is 0 Å². The van der Waals surface area contributed by atoms with Crippen LogP contribution in [0.15, 0.2) is 48.5 Å². The number of hydrogen-bond donors (Lipinski definition) is 1. The van der Waals surface area contributed by atoms with Crippen LogP contribution in [0.1, 0.15) is 43.2 Å². The predicted octanol–water partition coefficient (Wildman–Crippen LogP) is 4.78. The number of rotatable bonds is 8. The Balaban J connectivity index is 1.46. The Morgan fingerprint density at radius 3 is 1.77 bits per heavy atom. The van der Waals surface area contributed by atoms with Gasteiger partial charge in [-0.2, -0.15) is 0 Å². The van der Waals surface area contributed by atoms with Gasteiger partial charge in [-0.25, -0.2) is 0 Å². The summed E-state index contributed by atoms with van der Waals surface area (Å²) in [5.74, 6) is 1.91. The second-order valence-corrected chi connectivity index (χ2v) is 7.27. The van der Waals surface area contributed by atoms with Gasteiger partial charge in [0.1, 0.15) is 11.5 Å². The van der Waals surface area contributed by atoms with Gasteiger partial charge < -0.3 is 14.8 Å². The molecule has 0 spiro atoms. The number of piperidine rings is 1. The van der Waals surface area contributed by atoms with Crippen LogP contribution in [0.4, 0.5) is 0 Å². The first-order chi connectivity index (χ1) is 12.8. The Morgan fingerprint density at radius 1 is 0.808 bits per heavy atom. The van der Waals surface area contributed by atoms with E-state index in [1.54, 1.807) is 14.2 Å². The van der Waals surface area contributed by atoms with E-state index in [-0.39, 0.29) is 0 Å². The smallest absolute Gasteiger partial charge is 0.119 e. The van der Waals surface area contributed by atoms with Crippen molar-refractivity contribution in [2.24, 2.45) is 0 Å². The molecule has 3 nitrogen and oxygen atoms in total. The third-order valence-electron chi connectivity index (χ3n) is 5.41. The Hall–Kier alpha value is -2.00. The molecule has 0 amide bonds. The average molecular weight is 354 g/mol. The molecule has 2 atom stereocenters. The summed E-state index contributed by atoms with van der Waals surface area (Å²) in [7, 11) is 3.46. The zero-order chi connectivity index (χ0) is 18.2. The van der Waals surface area contributed by atoms with Crippen molar-refractivity contribution in [1.82, 2.24) is 5.32 Å². The Kier molecular flexibility index (Phi) is 6.96. The minimum absolute atomic E-state index is 0.630. The predicted molar refractivity (Wildman–Crippen MR) is 107 cm³/mol. The van der Waals surface area contributed by atoms with Gasteiger partial charge in [-0.3, -0.25) is 0 Å². The zero-order valence-electron chi connectivity index (χ0n) is 16.0. The maximum atomic E-state index is 5.33. The van der Waals surface area contributed by atoms with Crippen LogP contribution in [0.5, 0.6) is 11.5 Å². The lowest BCUT2D eigenvalue weighted by Gasteiger charge is -2.31. The molecule has 1 heterocycles. The molecule has 0 aromatic heterocycles. The molecule has 0 unspecified atom stereocenters. The zero-order valence-corrected chi connectivity index (χ0v) is 16.0. The molecule has 0 saturated carbocycles. The van der Waals surface area contributed by atoms with Crippen LogP contribution < -0.4 is 14.8 Å². The molecule has 1 N–H and O–H groups in total. The molecule has 1 aliphatic rings. The highest BCUT2D eigenvalue weighted by atomic mass is 16.5. The number of nitrogens with one attached hydrogen (secondary N) is 1. The van der Waals surface area contributed by atoms with Crippen molar-refractivity contribution in [2.45, 2.75) is 57.0 Å². The maximum Gasteiger partial charge on any atom is 0.119 e. The van der Waals surface area contributed by atoms with Gasteiger partial charge >= 0.3 is 0 Å². The van der Waals surface area contributed by atoms with Gasteiger partial charge in [0, 0.05) is 12.1 Å². The minimum atomic E-state index is 0.630. The van der Waals surface area contributed by atoms with E-state index >= 15 is 0 Å². The van der Waals surface area contributed by atoms with Crippen LogP contribution in [0.25, 0.3) is 0 Å². The quantitative estimate of drug-likeness (QED) is 0.741. The summed E-state index contributed by atoms with van der Waals surface area (Å²) in [6, 6.07) is 18.2. The van der Waals surface area contributed by atoms with Crippen molar-refractivity contribution in [1.29, 1.82) is 0 Å². The molecule has 0 bridgehead atoms. The Labute approximate surface area is 157 Å². The molecule has 2 aromatic rings. The maximum absolute atomic E-state index is 5.33. The highest BCUT2D eigenvalue weighted by Crippen LogP contribution is 2.22. The molecular formula is C23H31NO2. The van der Waals surface area contributed by atoms with Gasteiger partial charge in [0.15, 0.2) is 0 Å². The molecular weight excluding hydrogens is 322 g/mol. The summed E-state index contributed by atoms with van der Waals surface area (Å²) in [4.78, 5) is 0. The Morgan fingerprint density at radius 2 is 1.31 bits per heavy atom. The van der Waals surface area contributed by atoms with Gasteiger partial charge in [-0.15, -0.1) is 0 Å². The topological polar surface area (TPSA) is 30.5 Å². The molecule has 140 valence electrons. The number of ether oxygens (including phenoxy) is 2. The number of methoxy groups -OCH3 is 2. The molecule has 3 rings (SSSR count). The van der Waals surface area contributed by atoms with Crippen LogP contribution in [-0.2, 0) is 12.8 Å². The first-order valence-electron chi connectivity index (χ1n) is 9.78. The summed E-state index contributed by atoms with van der Waals surface area (Å²) in [6.45, 7) is 0. The third-order valence-corrected chi connectivity index (χ3v) is 5.41. The van der Waals surface area contributed by atoms with Crippen molar-refractivity contribution < 1.29 is 9.47 Å². The van der Waals surface area contributed by atoms with E-state index in [1.807, 2.05) is 12.1 Å². The van der Waals surface area contributed by atoms with E-state index in [4.69, 9.17) is 9.47 Å². The van der Waals surface area contributed by atoms with Crippen molar-refractivity contribution in [3.63, 3.8) is 0 Å². The second kappa shape index (κ2) is 9.63. The normalized spacial score (nSPS) is 19.9. The molecule has 0 radical (unpaired) electrons. The molecule has 1 aliphatic heterocycles. The van der Waals surface area contributed by atoms with Gasteiger partial charge in [-0.1, -0.05) is 30.7 Å². The van der Waals surface area contributed by atoms with Crippen LogP contribution in [0.2, 0.25) is 0 Å². The molecule has 1 fully saturated rings. The van der Waals surface area contributed by atoms with Crippen molar-refractivity contribution in [2.75, 3.05) is 14.2 Å². The summed E-state index contributed by atoms with van der Waals surface area (Å²) in [6.07, 6.45) is 8.53. The average Bonchev–Trinajstić information content (AvgIpc) is 2.71. The summed E-state index contributed by atoms with van der Waals surface area (Å²) < 4.78 is 10.7. The van der Waals surface area contributed by atoms with E-state index in [0.717, 1.165) is 24.3 Å². The lowest BCUT2D eigenvalue weighted by molar-refractivity contribution is 0.296. The minimum Gasteiger partial charge on any atom is -0.497 e. The highest BCUT2D eigenvalue weighted by Gasteiger charge is 2.20. The first kappa shape index (κ1) is 18.8. The molecule has 1 saturated heterocycles. The number of hydrogen-bond acceptors (Lipinski definition) is 3. The Bertz CT molecular complexity index is 628. The third kappa shape index (κ3) is 5.50. The number of aryl methyl sites for hydroxylation is 2. The molecule has 0 aliphatic carbocycles. The highest BCUT2D eigenvalue weighted by molar-refractivity contribution is 5.29. The SMILES string of the molecule is COc1cccc(CC[C@H]2CCC[C@@H](CCc3cccc(OC)c3)N2)c1. The van der Waals surface area contributed by atoms with Crippen molar-refractivity contribution in [3.05, 3.63) is 59.7 Å². The van der Waals surface area contributed by atoms with Crippen LogP contribution in [0.3, 0.4) is 0 Å². The molecule has 2 aromatic carbocycles. The molecule has 26 heavy (non-hydrogen) atoms. The van der Waals surface area contributed by atoms with E-state index in [2.05, 4.69) is 41.7 Å². The summed E-state index contributed by atoms with van der Waals surface area (Å²) in [5.41, 5.74) is 2.73. The van der Waals surface area contributed by atoms with Crippen LogP contribution in [-0.4, -0.2) is 26.3 Å².